The first-order valence-corrected chi connectivity index (χ1v) is 7.14. The largest absolute Gasteiger partial charge is 0.309 e. The second-order valence-electron chi connectivity index (χ2n) is 6.63. The number of hydrogen-bond donors (Lipinski definition) is 1. The zero-order valence-electron chi connectivity index (χ0n) is 12.8. The molecule has 1 aliphatic rings. The van der Waals surface area contributed by atoms with E-state index >= 15 is 0 Å². The Morgan fingerprint density at radius 2 is 2.11 bits per heavy atom. The SMILES string of the molecule is Cc1cnc(CN2CC(C)(C)NCC2C(C)C)cn1. The van der Waals surface area contributed by atoms with E-state index in [2.05, 4.69) is 47.9 Å². The van der Waals surface area contributed by atoms with Crippen LogP contribution in [0.15, 0.2) is 12.4 Å². The van der Waals surface area contributed by atoms with E-state index in [0.29, 0.717) is 12.0 Å². The third-order valence-electron chi connectivity index (χ3n) is 3.83. The summed E-state index contributed by atoms with van der Waals surface area (Å²) in [7, 11) is 0. The van der Waals surface area contributed by atoms with Gasteiger partial charge in [-0.25, -0.2) is 0 Å². The smallest absolute Gasteiger partial charge is 0.0727 e. The molecule has 1 unspecified atom stereocenters. The highest BCUT2D eigenvalue weighted by Crippen LogP contribution is 2.21. The van der Waals surface area contributed by atoms with Gasteiger partial charge in [-0.2, -0.15) is 0 Å². The summed E-state index contributed by atoms with van der Waals surface area (Å²) in [6, 6.07) is 0.566. The van der Waals surface area contributed by atoms with Crippen LogP contribution in [-0.4, -0.2) is 39.5 Å². The molecule has 2 rings (SSSR count). The summed E-state index contributed by atoms with van der Waals surface area (Å²) in [5.74, 6) is 0.641. The van der Waals surface area contributed by atoms with E-state index in [1.807, 2.05) is 19.3 Å². The maximum Gasteiger partial charge on any atom is 0.0727 e. The van der Waals surface area contributed by atoms with Crippen LogP contribution < -0.4 is 5.32 Å². The lowest BCUT2D eigenvalue weighted by atomic mass is 9.93. The molecule has 0 spiro atoms. The van der Waals surface area contributed by atoms with Crippen LogP contribution in [0.3, 0.4) is 0 Å². The first-order chi connectivity index (χ1) is 8.87. The molecule has 0 bridgehead atoms. The van der Waals surface area contributed by atoms with Crippen LogP contribution in [0.4, 0.5) is 0 Å². The number of rotatable bonds is 3. The molecule has 1 aromatic heterocycles. The van der Waals surface area contributed by atoms with Crippen molar-refractivity contribution in [3.05, 3.63) is 23.8 Å². The minimum absolute atomic E-state index is 0.170. The number of nitrogens with zero attached hydrogens (tertiary/aromatic N) is 3. The van der Waals surface area contributed by atoms with Gasteiger partial charge < -0.3 is 5.32 Å². The molecule has 1 N–H and O–H groups in total. The molecule has 1 aliphatic heterocycles. The normalized spacial score (nSPS) is 23.8. The van der Waals surface area contributed by atoms with Crippen molar-refractivity contribution in [2.24, 2.45) is 5.92 Å². The highest BCUT2D eigenvalue weighted by molar-refractivity contribution is 5.03. The van der Waals surface area contributed by atoms with E-state index in [1.165, 1.54) is 0 Å². The van der Waals surface area contributed by atoms with E-state index in [9.17, 15) is 0 Å². The van der Waals surface area contributed by atoms with Gasteiger partial charge in [0, 0.05) is 43.6 Å². The molecule has 4 nitrogen and oxygen atoms in total. The van der Waals surface area contributed by atoms with Gasteiger partial charge in [0.05, 0.1) is 11.4 Å². The van der Waals surface area contributed by atoms with Gasteiger partial charge in [-0.05, 0) is 26.7 Å². The van der Waals surface area contributed by atoms with Crippen LogP contribution in [0.1, 0.15) is 39.1 Å². The molecular weight excluding hydrogens is 236 g/mol. The number of nitrogens with one attached hydrogen (secondary N) is 1. The predicted octanol–water partition coefficient (Wildman–Crippen LogP) is 1.99. The van der Waals surface area contributed by atoms with Crippen molar-refractivity contribution in [2.75, 3.05) is 13.1 Å². The summed E-state index contributed by atoms with van der Waals surface area (Å²) in [5.41, 5.74) is 2.21. The van der Waals surface area contributed by atoms with Crippen molar-refractivity contribution in [3.8, 4) is 0 Å². The Hall–Kier alpha value is -1.00. The second kappa shape index (κ2) is 5.55. The minimum Gasteiger partial charge on any atom is -0.309 e. The van der Waals surface area contributed by atoms with Crippen LogP contribution in [0.25, 0.3) is 0 Å². The molecule has 1 fully saturated rings. The monoisotopic (exact) mass is 262 g/mol. The van der Waals surface area contributed by atoms with Crippen molar-refractivity contribution in [2.45, 2.75) is 52.7 Å². The van der Waals surface area contributed by atoms with E-state index in [4.69, 9.17) is 0 Å². The quantitative estimate of drug-likeness (QED) is 0.904. The van der Waals surface area contributed by atoms with Gasteiger partial charge in [-0.3, -0.25) is 14.9 Å². The Bertz CT molecular complexity index is 411. The highest BCUT2D eigenvalue weighted by atomic mass is 15.3. The third-order valence-corrected chi connectivity index (χ3v) is 3.83. The standard InChI is InChI=1S/C15H26N4/c1-11(2)14-8-18-15(4,5)10-19(14)9-13-7-16-12(3)6-17-13/h6-7,11,14,18H,8-10H2,1-5H3. The minimum atomic E-state index is 0.170. The summed E-state index contributed by atoms with van der Waals surface area (Å²) in [5, 5.41) is 3.64. The van der Waals surface area contributed by atoms with E-state index < -0.39 is 0 Å². The van der Waals surface area contributed by atoms with Gasteiger partial charge in [0.1, 0.15) is 0 Å². The van der Waals surface area contributed by atoms with Crippen LogP contribution in [-0.2, 0) is 6.54 Å². The number of aromatic nitrogens is 2. The van der Waals surface area contributed by atoms with Crippen molar-refractivity contribution in [1.29, 1.82) is 0 Å². The molecule has 0 saturated carbocycles. The van der Waals surface area contributed by atoms with E-state index in [-0.39, 0.29) is 5.54 Å². The molecule has 2 heterocycles. The molecule has 0 aliphatic carbocycles. The third kappa shape index (κ3) is 3.74. The fourth-order valence-corrected chi connectivity index (χ4v) is 2.73. The van der Waals surface area contributed by atoms with E-state index in [0.717, 1.165) is 31.0 Å². The summed E-state index contributed by atoms with van der Waals surface area (Å²) in [6.07, 6.45) is 3.76. The Morgan fingerprint density at radius 1 is 1.37 bits per heavy atom. The van der Waals surface area contributed by atoms with Gasteiger partial charge in [0.25, 0.3) is 0 Å². The first kappa shape index (κ1) is 14.4. The van der Waals surface area contributed by atoms with Crippen LogP contribution >= 0.6 is 0 Å². The molecular formula is C15H26N4. The lowest BCUT2D eigenvalue weighted by Crippen LogP contribution is -2.62. The maximum absolute atomic E-state index is 4.49. The van der Waals surface area contributed by atoms with Gasteiger partial charge in [0.2, 0.25) is 0 Å². The van der Waals surface area contributed by atoms with Crippen molar-refractivity contribution >= 4 is 0 Å². The molecule has 106 valence electrons. The first-order valence-electron chi connectivity index (χ1n) is 7.14. The van der Waals surface area contributed by atoms with Crippen molar-refractivity contribution in [1.82, 2.24) is 20.2 Å². The van der Waals surface area contributed by atoms with Gasteiger partial charge >= 0.3 is 0 Å². The Balaban J connectivity index is 2.11. The Labute approximate surface area is 116 Å². The van der Waals surface area contributed by atoms with Crippen molar-refractivity contribution < 1.29 is 0 Å². The summed E-state index contributed by atoms with van der Waals surface area (Å²) < 4.78 is 0. The van der Waals surface area contributed by atoms with Crippen LogP contribution in [0, 0.1) is 12.8 Å². The molecule has 1 atom stereocenters. The molecule has 1 aromatic rings. The molecule has 1 saturated heterocycles. The number of hydrogen-bond acceptors (Lipinski definition) is 4. The zero-order valence-corrected chi connectivity index (χ0v) is 12.8. The summed E-state index contributed by atoms with van der Waals surface area (Å²) in [4.78, 5) is 11.4. The number of piperazine rings is 1. The predicted molar refractivity (Wildman–Crippen MR) is 77.9 cm³/mol. The van der Waals surface area contributed by atoms with Crippen LogP contribution in [0.2, 0.25) is 0 Å². The summed E-state index contributed by atoms with van der Waals surface area (Å²) >= 11 is 0. The van der Waals surface area contributed by atoms with Gasteiger partial charge in [0.15, 0.2) is 0 Å². The molecule has 0 aromatic carbocycles. The summed E-state index contributed by atoms with van der Waals surface area (Å²) in [6.45, 7) is 14.1. The average Bonchev–Trinajstić information content (AvgIpc) is 2.30. The average molecular weight is 262 g/mol. The molecule has 19 heavy (non-hydrogen) atoms. The highest BCUT2D eigenvalue weighted by Gasteiger charge is 2.33. The fraction of sp³-hybridized carbons (Fsp3) is 0.733. The molecule has 0 radical (unpaired) electrons. The fourth-order valence-electron chi connectivity index (χ4n) is 2.73. The van der Waals surface area contributed by atoms with Gasteiger partial charge in [-0.1, -0.05) is 13.8 Å². The lowest BCUT2D eigenvalue weighted by Gasteiger charge is -2.46. The molecule has 0 amide bonds. The second-order valence-corrected chi connectivity index (χ2v) is 6.63. The zero-order chi connectivity index (χ0) is 14.0. The Morgan fingerprint density at radius 3 is 2.68 bits per heavy atom. The van der Waals surface area contributed by atoms with Gasteiger partial charge in [-0.15, -0.1) is 0 Å². The van der Waals surface area contributed by atoms with E-state index in [1.54, 1.807) is 0 Å². The van der Waals surface area contributed by atoms with Crippen molar-refractivity contribution in [3.63, 3.8) is 0 Å². The molecule has 4 heteroatoms. The maximum atomic E-state index is 4.49. The topological polar surface area (TPSA) is 41.1 Å². The lowest BCUT2D eigenvalue weighted by molar-refractivity contribution is 0.0616. The number of aryl methyl sites for hydroxylation is 1. The Kier molecular flexibility index (Phi) is 4.21. The van der Waals surface area contributed by atoms with Crippen LogP contribution in [0.5, 0.6) is 0 Å².